The van der Waals surface area contributed by atoms with Crippen LogP contribution in [0.4, 0.5) is 4.39 Å². The van der Waals surface area contributed by atoms with E-state index in [-0.39, 0.29) is 29.9 Å². The molecule has 6 nitrogen and oxygen atoms in total. The van der Waals surface area contributed by atoms with Crippen molar-refractivity contribution >= 4 is 29.9 Å². The van der Waals surface area contributed by atoms with Gasteiger partial charge in [0.2, 0.25) is 11.8 Å². The minimum atomic E-state index is -0.564. The van der Waals surface area contributed by atoms with Crippen LogP contribution in [0.1, 0.15) is 19.4 Å². The van der Waals surface area contributed by atoms with E-state index >= 15 is 0 Å². The van der Waals surface area contributed by atoms with Crippen LogP contribution in [-0.2, 0) is 20.9 Å². The van der Waals surface area contributed by atoms with Crippen molar-refractivity contribution in [3.63, 3.8) is 0 Å². The number of hydrogen-bond donors (Lipinski definition) is 1. The van der Waals surface area contributed by atoms with Gasteiger partial charge in [-0.25, -0.2) is 4.39 Å². The third kappa shape index (κ3) is 4.41. The summed E-state index contributed by atoms with van der Waals surface area (Å²) in [5.74, 6) is -0.735. The number of nitrogens with zero attached hydrogens (tertiary/aromatic N) is 2. The van der Waals surface area contributed by atoms with Gasteiger partial charge in [-0.15, -0.1) is 0 Å². The number of carbonyl (C=O) groups is 3. The Morgan fingerprint density at radius 2 is 1.78 bits per heavy atom. The van der Waals surface area contributed by atoms with Crippen LogP contribution in [-0.4, -0.2) is 52.3 Å². The summed E-state index contributed by atoms with van der Waals surface area (Å²) in [5, 5.41) is 7.16. The number of likely N-dealkylation sites (N-methyl/N-ethyl adjacent to an activating group) is 1. The number of piperazine rings is 1. The average Bonchev–Trinajstić information content (AvgIpc) is 2.47. The molecule has 1 saturated heterocycles. The Kier molecular flexibility index (Phi) is 6.50. The molecule has 1 fully saturated rings. The predicted molar refractivity (Wildman–Crippen MR) is 82.3 cm³/mol. The smallest absolute Gasteiger partial charge is 0.290 e. The maximum Gasteiger partial charge on any atom is 0.290 e. The second-order valence-corrected chi connectivity index (χ2v) is 5.59. The molecule has 1 N–H and O–H groups in total. The Balaban J connectivity index is 0.000000816. The van der Waals surface area contributed by atoms with Crippen LogP contribution in [0, 0.1) is 5.82 Å². The first-order valence-corrected chi connectivity index (χ1v) is 7.20. The summed E-state index contributed by atoms with van der Waals surface area (Å²) in [6.45, 7) is 3.27. The van der Waals surface area contributed by atoms with E-state index in [0.29, 0.717) is 5.56 Å². The first-order chi connectivity index (χ1) is 10.7. The van der Waals surface area contributed by atoms with Gasteiger partial charge in [-0.2, -0.15) is 0 Å². The standard InChI is InChI=1S/C14H16ClFN2O2.CH2O2/c1-8-14(20)18(9(2)13(19)17(8)3)7-10-4-11(15)6-12(16)5-10;2-1-3/h4-6,8-9H,7H2,1-3H3;1H,(H,2,3)/t8-,9-;/m0./s1. The van der Waals surface area contributed by atoms with E-state index in [1.807, 2.05) is 0 Å². The summed E-state index contributed by atoms with van der Waals surface area (Å²) in [6, 6.07) is 3.04. The minimum absolute atomic E-state index is 0.125. The van der Waals surface area contributed by atoms with Gasteiger partial charge in [-0.05, 0) is 37.6 Å². The van der Waals surface area contributed by atoms with Crippen molar-refractivity contribution in [2.75, 3.05) is 7.05 Å². The lowest BCUT2D eigenvalue weighted by atomic mass is 10.1. The van der Waals surface area contributed by atoms with E-state index in [9.17, 15) is 14.0 Å². The lowest BCUT2D eigenvalue weighted by Crippen LogP contribution is -2.61. The molecule has 0 saturated carbocycles. The number of carboxylic acid groups (broad SMARTS) is 1. The quantitative estimate of drug-likeness (QED) is 0.829. The average molecular weight is 345 g/mol. The Hall–Kier alpha value is -2.15. The zero-order valence-electron chi connectivity index (χ0n) is 13.0. The van der Waals surface area contributed by atoms with Crippen molar-refractivity contribution in [2.45, 2.75) is 32.5 Å². The van der Waals surface area contributed by atoms with Crippen LogP contribution in [0.2, 0.25) is 5.02 Å². The molecule has 0 radical (unpaired) electrons. The lowest BCUT2D eigenvalue weighted by molar-refractivity contribution is -0.159. The van der Waals surface area contributed by atoms with Crippen LogP contribution in [0.5, 0.6) is 0 Å². The maximum absolute atomic E-state index is 13.3. The van der Waals surface area contributed by atoms with Gasteiger partial charge in [-0.1, -0.05) is 11.6 Å². The Morgan fingerprint density at radius 1 is 1.22 bits per heavy atom. The topological polar surface area (TPSA) is 77.9 Å². The van der Waals surface area contributed by atoms with Crippen molar-refractivity contribution in [3.8, 4) is 0 Å². The van der Waals surface area contributed by atoms with Gasteiger partial charge in [-0.3, -0.25) is 14.4 Å². The SMILES string of the molecule is C[C@H]1C(=O)N(Cc2cc(F)cc(Cl)c2)[C@@H](C)C(=O)N1C.O=CO. The molecular formula is C15H18ClFN2O4. The van der Waals surface area contributed by atoms with Gasteiger partial charge in [0, 0.05) is 18.6 Å². The molecule has 0 aromatic heterocycles. The Morgan fingerprint density at radius 3 is 2.30 bits per heavy atom. The molecule has 2 atom stereocenters. The van der Waals surface area contributed by atoms with Gasteiger partial charge >= 0.3 is 0 Å². The molecule has 0 aliphatic carbocycles. The van der Waals surface area contributed by atoms with E-state index in [1.165, 1.54) is 21.9 Å². The first-order valence-electron chi connectivity index (χ1n) is 6.82. The monoisotopic (exact) mass is 344 g/mol. The van der Waals surface area contributed by atoms with Crippen LogP contribution in [0.25, 0.3) is 0 Å². The van der Waals surface area contributed by atoms with Crippen molar-refractivity contribution in [2.24, 2.45) is 0 Å². The van der Waals surface area contributed by atoms with Crippen molar-refractivity contribution in [3.05, 3.63) is 34.6 Å². The zero-order chi connectivity index (χ0) is 17.7. The normalized spacial score (nSPS) is 20.9. The summed E-state index contributed by atoms with van der Waals surface area (Å²) in [6.07, 6.45) is 0. The molecule has 1 aliphatic heterocycles. The van der Waals surface area contributed by atoms with Gasteiger partial charge in [0.15, 0.2) is 0 Å². The summed E-state index contributed by atoms with van der Waals surface area (Å²) in [7, 11) is 1.61. The molecule has 0 bridgehead atoms. The number of carbonyl (C=O) groups excluding carboxylic acids is 2. The molecule has 2 amide bonds. The van der Waals surface area contributed by atoms with E-state index in [2.05, 4.69) is 0 Å². The molecule has 1 heterocycles. The fourth-order valence-electron chi connectivity index (χ4n) is 2.33. The zero-order valence-corrected chi connectivity index (χ0v) is 13.7. The van der Waals surface area contributed by atoms with Crippen molar-refractivity contribution in [1.29, 1.82) is 0 Å². The summed E-state index contributed by atoms with van der Waals surface area (Å²) in [4.78, 5) is 35.6. The Bertz CT molecular complexity index is 591. The van der Waals surface area contributed by atoms with Crippen LogP contribution < -0.4 is 0 Å². The van der Waals surface area contributed by atoms with Crippen LogP contribution in [0.3, 0.4) is 0 Å². The number of hydrogen-bond acceptors (Lipinski definition) is 3. The molecule has 1 aromatic rings. The van der Waals surface area contributed by atoms with Gasteiger partial charge in [0.25, 0.3) is 6.47 Å². The van der Waals surface area contributed by atoms with E-state index in [0.717, 1.165) is 0 Å². The maximum atomic E-state index is 13.3. The number of halogens is 2. The second-order valence-electron chi connectivity index (χ2n) is 5.15. The highest BCUT2D eigenvalue weighted by Crippen LogP contribution is 2.21. The van der Waals surface area contributed by atoms with E-state index in [4.69, 9.17) is 21.5 Å². The second kappa shape index (κ2) is 7.92. The highest BCUT2D eigenvalue weighted by molar-refractivity contribution is 6.30. The lowest BCUT2D eigenvalue weighted by Gasteiger charge is -2.41. The largest absolute Gasteiger partial charge is 0.483 e. The molecule has 2 rings (SSSR count). The number of amides is 2. The van der Waals surface area contributed by atoms with Gasteiger partial charge < -0.3 is 14.9 Å². The number of rotatable bonds is 2. The molecule has 126 valence electrons. The molecule has 0 spiro atoms. The van der Waals surface area contributed by atoms with Crippen molar-refractivity contribution < 1.29 is 23.9 Å². The highest BCUT2D eigenvalue weighted by atomic mass is 35.5. The van der Waals surface area contributed by atoms with E-state index < -0.39 is 17.9 Å². The molecule has 8 heteroatoms. The third-order valence-corrected chi connectivity index (χ3v) is 3.89. The van der Waals surface area contributed by atoms with Crippen molar-refractivity contribution in [1.82, 2.24) is 9.80 Å². The molecule has 23 heavy (non-hydrogen) atoms. The Labute approximate surface area is 138 Å². The molecule has 0 unspecified atom stereocenters. The highest BCUT2D eigenvalue weighted by Gasteiger charge is 2.39. The molecule has 1 aromatic carbocycles. The summed E-state index contributed by atoms with van der Waals surface area (Å²) < 4.78 is 13.3. The fourth-order valence-corrected chi connectivity index (χ4v) is 2.57. The predicted octanol–water partition coefficient (Wildman–Crippen LogP) is 1.76. The molecular weight excluding hydrogens is 327 g/mol. The fraction of sp³-hybridized carbons (Fsp3) is 0.400. The van der Waals surface area contributed by atoms with E-state index in [1.54, 1.807) is 27.0 Å². The van der Waals surface area contributed by atoms with Gasteiger partial charge in [0.05, 0.1) is 0 Å². The molecule has 1 aliphatic rings. The van der Waals surface area contributed by atoms with Crippen LogP contribution in [0.15, 0.2) is 18.2 Å². The first kappa shape index (κ1) is 18.9. The number of benzene rings is 1. The summed E-state index contributed by atoms with van der Waals surface area (Å²) >= 11 is 5.80. The van der Waals surface area contributed by atoms with Crippen LogP contribution >= 0.6 is 11.6 Å². The third-order valence-electron chi connectivity index (χ3n) is 3.67. The summed E-state index contributed by atoms with van der Waals surface area (Å²) in [5.41, 5.74) is 0.569. The van der Waals surface area contributed by atoms with Gasteiger partial charge in [0.1, 0.15) is 17.9 Å². The minimum Gasteiger partial charge on any atom is -0.483 e.